The van der Waals surface area contributed by atoms with E-state index in [2.05, 4.69) is 9.71 Å². The summed E-state index contributed by atoms with van der Waals surface area (Å²) < 4.78 is 28.2. The van der Waals surface area contributed by atoms with E-state index in [1.165, 1.54) is 23.9 Å². The molecule has 2 aromatic rings. The minimum atomic E-state index is -3.83. The van der Waals surface area contributed by atoms with Crippen LogP contribution in [0.25, 0.3) is 0 Å². The van der Waals surface area contributed by atoms with E-state index >= 15 is 0 Å². The molecule has 158 valence electrons. The van der Waals surface area contributed by atoms with E-state index in [0.717, 1.165) is 5.56 Å². The molecule has 1 aliphatic heterocycles. The number of thioether (sulfide) groups is 1. The fourth-order valence-electron chi connectivity index (χ4n) is 3.02. The lowest BCUT2D eigenvalue weighted by molar-refractivity contribution is -0.0349. The first-order chi connectivity index (χ1) is 13.3. The molecule has 0 aromatic heterocycles. The summed E-state index contributed by atoms with van der Waals surface area (Å²) in [4.78, 5) is 5.73. The maximum Gasteiger partial charge on any atom is 0.242 e. The Kier molecular flexibility index (Phi) is 8.00. The second-order valence-corrected chi connectivity index (χ2v) is 9.53. The highest BCUT2D eigenvalue weighted by molar-refractivity contribution is 8.14. The number of nitrogens with one attached hydrogen (secondary N) is 1. The third-order valence-corrected chi connectivity index (χ3v) is 7.87. The normalized spacial score (nSPS) is 20.7. The molecule has 0 spiro atoms. The van der Waals surface area contributed by atoms with Crippen LogP contribution in [0.1, 0.15) is 11.1 Å². The molecule has 6 nitrogen and oxygen atoms in total. The van der Waals surface area contributed by atoms with Gasteiger partial charge in [-0.25, -0.2) is 13.1 Å². The number of benzene rings is 2. The SMILES string of the molecule is CN=C1SCC(O)(c2ccc(Cl)c(S(=O)(=O)NCCc3ccccc3)c2)N1C.Cl. The summed E-state index contributed by atoms with van der Waals surface area (Å²) in [5.74, 6) is 0.346. The van der Waals surface area contributed by atoms with Crippen molar-refractivity contribution in [3.05, 3.63) is 64.7 Å². The number of nitrogens with zero attached hydrogens (tertiary/aromatic N) is 2. The molecule has 0 saturated carbocycles. The number of aliphatic imine (C=N–C) groups is 1. The first-order valence-electron chi connectivity index (χ1n) is 8.67. The average Bonchev–Trinajstić information content (AvgIpc) is 2.98. The smallest absolute Gasteiger partial charge is 0.242 e. The zero-order chi connectivity index (χ0) is 20.4. The summed E-state index contributed by atoms with van der Waals surface area (Å²) in [6, 6.07) is 14.2. The monoisotopic (exact) mass is 475 g/mol. The zero-order valence-corrected chi connectivity index (χ0v) is 19.2. The Morgan fingerprint density at radius 1 is 1.28 bits per heavy atom. The molecule has 29 heavy (non-hydrogen) atoms. The lowest BCUT2D eigenvalue weighted by Gasteiger charge is -2.31. The van der Waals surface area contributed by atoms with Crippen molar-refractivity contribution in [1.29, 1.82) is 0 Å². The van der Waals surface area contributed by atoms with Gasteiger partial charge in [0.05, 0.1) is 10.8 Å². The van der Waals surface area contributed by atoms with Gasteiger partial charge in [0.2, 0.25) is 10.0 Å². The lowest BCUT2D eigenvalue weighted by Crippen LogP contribution is -2.42. The van der Waals surface area contributed by atoms with Gasteiger partial charge in [0.15, 0.2) is 10.9 Å². The van der Waals surface area contributed by atoms with E-state index in [0.29, 0.717) is 22.9 Å². The van der Waals surface area contributed by atoms with Crippen LogP contribution in [0.2, 0.25) is 5.02 Å². The fourth-order valence-corrected chi connectivity index (χ4v) is 5.74. The van der Waals surface area contributed by atoms with Crippen LogP contribution in [0.3, 0.4) is 0 Å². The Balaban J connectivity index is 0.00000300. The summed E-state index contributed by atoms with van der Waals surface area (Å²) in [6.45, 7) is 0.250. The van der Waals surface area contributed by atoms with Gasteiger partial charge in [0, 0.05) is 26.2 Å². The van der Waals surface area contributed by atoms with Gasteiger partial charge in [-0.1, -0.05) is 59.8 Å². The molecule has 1 fully saturated rings. The van der Waals surface area contributed by atoms with Crippen molar-refractivity contribution >= 4 is 51.0 Å². The van der Waals surface area contributed by atoms with Crippen LogP contribution in [-0.2, 0) is 22.2 Å². The van der Waals surface area contributed by atoms with E-state index in [-0.39, 0.29) is 28.9 Å². The maximum atomic E-state index is 12.8. The van der Waals surface area contributed by atoms with Crippen molar-refractivity contribution in [2.24, 2.45) is 4.99 Å². The molecule has 1 aliphatic rings. The van der Waals surface area contributed by atoms with E-state index in [4.69, 9.17) is 11.6 Å². The molecule has 2 N–H and O–H groups in total. The van der Waals surface area contributed by atoms with E-state index < -0.39 is 15.7 Å². The van der Waals surface area contributed by atoms with Crippen LogP contribution in [0, 0.1) is 0 Å². The molecule has 0 amide bonds. The van der Waals surface area contributed by atoms with Crippen LogP contribution in [0.5, 0.6) is 0 Å². The molecule has 0 aliphatic carbocycles. The van der Waals surface area contributed by atoms with Gasteiger partial charge in [-0.3, -0.25) is 4.99 Å². The highest BCUT2D eigenvalue weighted by Gasteiger charge is 2.43. The van der Waals surface area contributed by atoms with E-state index in [1.807, 2.05) is 30.3 Å². The third-order valence-electron chi connectivity index (χ3n) is 4.67. The van der Waals surface area contributed by atoms with Crippen molar-refractivity contribution in [2.75, 3.05) is 26.4 Å². The van der Waals surface area contributed by atoms with Crippen LogP contribution in [-0.4, -0.2) is 50.0 Å². The van der Waals surface area contributed by atoms with Gasteiger partial charge < -0.3 is 10.0 Å². The van der Waals surface area contributed by atoms with Crippen LogP contribution >= 0.6 is 35.8 Å². The third kappa shape index (κ3) is 5.07. The van der Waals surface area contributed by atoms with Gasteiger partial charge in [-0.15, -0.1) is 12.4 Å². The molecule has 0 radical (unpaired) electrons. The maximum absolute atomic E-state index is 12.8. The molecule has 1 atom stereocenters. The standard InChI is InChI=1S/C19H22ClN3O3S2.ClH/c1-21-18-23(2)19(24,13-27-18)15-8-9-16(20)17(12-15)28(25,26)22-11-10-14-6-4-3-5-7-14;/h3-9,12,22,24H,10-11,13H2,1-2H3;1H. The molecule has 2 aromatic carbocycles. The summed E-state index contributed by atoms with van der Waals surface area (Å²) in [5, 5.41) is 11.9. The van der Waals surface area contributed by atoms with Gasteiger partial charge >= 0.3 is 0 Å². The summed E-state index contributed by atoms with van der Waals surface area (Å²) in [5.41, 5.74) is 0.141. The fraction of sp³-hybridized carbons (Fsp3) is 0.316. The summed E-state index contributed by atoms with van der Waals surface area (Å²) in [6.07, 6.45) is 0.566. The van der Waals surface area contributed by atoms with Gasteiger partial charge in [0.25, 0.3) is 0 Å². The van der Waals surface area contributed by atoms with Gasteiger partial charge in [-0.05, 0) is 24.1 Å². The average molecular weight is 476 g/mol. The molecule has 3 rings (SSSR count). The molecular formula is C19H23Cl2N3O3S2. The Labute approximate surface area is 186 Å². The number of rotatable bonds is 6. The Morgan fingerprint density at radius 2 is 1.97 bits per heavy atom. The van der Waals surface area contributed by atoms with Crippen LogP contribution in [0.4, 0.5) is 0 Å². The number of halogens is 2. The number of aliphatic hydroxyl groups is 1. The number of hydrogen-bond acceptors (Lipinski definition) is 5. The van der Waals surface area contributed by atoms with Gasteiger partial charge in [0.1, 0.15) is 4.90 Å². The molecule has 1 saturated heterocycles. The number of sulfonamides is 1. The number of amidine groups is 1. The zero-order valence-electron chi connectivity index (χ0n) is 16.0. The summed E-state index contributed by atoms with van der Waals surface area (Å²) in [7, 11) is -0.448. The van der Waals surface area contributed by atoms with Crippen LogP contribution < -0.4 is 4.72 Å². The minimum Gasteiger partial charge on any atom is -0.366 e. The minimum absolute atomic E-state index is 0. The largest absolute Gasteiger partial charge is 0.366 e. The molecule has 1 unspecified atom stereocenters. The first-order valence-corrected chi connectivity index (χ1v) is 11.5. The quantitative estimate of drug-likeness (QED) is 0.670. The van der Waals surface area contributed by atoms with Crippen LogP contribution in [0.15, 0.2) is 58.4 Å². The van der Waals surface area contributed by atoms with E-state index in [9.17, 15) is 13.5 Å². The highest BCUT2D eigenvalue weighted by atomic mass is 35.5. The first kappa shape index (κ1) is 24.0. The molecule has 1 heterocycles. The molecule has 0 bridgehead atoms. The molecule has 10 heteroatoms. The second kappa shape index (κ2) is 9.68. The van der Waals surface area contributed by atoms with Crippen molar-refractivity contribution in [1.82, 2.24) is 9.62 Å². The second-order valence-electron chi connectivity index (χ2n) is 6.45. The van der Waals surface area contributed by atoms with Crippen molar-refractivity contribution in [3.63, 3.8) is 0 Å². The Bertz CT molecular complexity index is 987. The predicted molar refractivity (Wildman–Crippen MR) is 122 cm³/mol. The molecular weight excluding hydrogens is 453 g/mol. The Morgan fingerprint density at radius 3 is 2.59 bits per heavy atom. The lowest BCUT2D eigenvalue weighted by atomic mass is 10.0. The highest BCUT2D eigenvalue weighted by Crippen LogP contribution is 2.39. The number of hydrogen-bond donors (Lipinski definition) is 2. The topological polar surface area (TPSA) is 82.0 Å². The predicted octanol–water partition coefficient (Wildman–Crippen LogP) is 3.09. The Hall–Kier alpha value is -1.29. The van der Waals surface area contributed by atoms with Crippen molar-refractivity contribution in [3.8, 4) is 0 Å². The van der Waals surface area contributed by atoms with E-state index in [1.54, 1.807) is 25.1 Å². The van der Waals surface area contributed by atoms with Crippen molar-refractivity contribution in [2.45, 2.75) is 17.0 Å². The van der Waals surface area contributed by atoms with Gasteiger partial charge in [-0.2, -0.15) is 0 Å². The summed E-state index contributed by atoms with van der Waals surface area (Å²) >= 11 is 7.59. The van der Waals surface area contributed by atoms with Crippen molar-refractivity contribution < 1.29 is 13.5 Å².